The zero-order chi connectivity index (χ0) is 31.7. The van der Waals surface area contributed by atoms with E-state index in [4.69, 9.17) is 10.9 Å². The maximum atomic E-state index is 13.4. The van der Waals surface area contributed by atoms with Crippen LogP contribution in [0.5, 0.6) is 5.75 Å². The highest BCUT2D eigenvalue weighted by Crippen LogP contribution is 2.35. The number of nitrogens with two attached hydrogens (primary N) is 2. The minimum atomic E-state index is -4.62. The van der Waals surface area contributed by atoms with Gasteiger partial charge in [0, 0.05) is 5.69 Å². The Labute approximate surface area is 249 Å². The van der Waals surface area contributed by atoms with E-state index < -0.39 is 57.1 Å². The number of phenols is 1. The first-order valence-corrected chi connectivity index (χ1v) is 18.5. The number of primary sulfonamides is 1. The van der Waals surface area contributed by atoms with Crippen molar-refractivity contribution in [2.24, 2.45) is 10.9 Å². The van der Waals surface area contributed by atoms with Crippen molar-refractivity contribution < 1.29 is 35.2 Å². The van der Waals surface area contributed by atoms with Crippen molar-refractivity contribution in [3.05, 3.63) is 41.0 Å². The fraction of sp³-hybridized carbons (Fsp3) is 0.519. The molecule has 0 aromatic heterocycles. The number of rotatable bonds is 18. The number of carbonyl (C=O) groups is 1. The second kappa shape index (κ2) is 15.0. The lowest BCUT2D eigenvalue weighted by Gasteiger charge is -2.17. The van der Waals surface area contributed by atoms with Crippen LogP contribution in [0.3, 0.4) is 0 Å². The lowest BCUT2D eigenvalue weighted by Crippen LogP contribution is -2.22. The molecular formula is C27H42N4O8S3. The van der Waals surface area contributed by atoms with Gasteiger partial charge in [-0.3, -0.25) is 14.2 Å². The van der Waals surface area contributed by atoms with Gasteiger partial charge < -0.3 is 10.8 Å². The van der Waals surface area contributed by atoms with Gasteiger partial charge in [0.25, 0.3) is 10.0 Å². The summed E-state index contributed by atoms with van der Waals surface area (Å²) in [6.07, 6.45) is 10.4. The largest absolute Gasteiger partial charge is 0.506 e. The number of hydrogen-bond donors (Lipinski definition) is 5. The Morgan fingerprint density at radius 3 is 1.86 bits per heavy atom. The van der Waals surface area contributed by atoms with Crippen LogP contribution in [0.1, 0.15) is 92.6 Å². The third kappa shape index (κ3) is 10.1. The van der Waals surface area contributed by atoms with Crippen LogP contribution in [0.2, 0.25) is 0 Å². The molecule has 0 aliphatic carbocycles. The van der Waals surface area contributed by atoms with Crippen LogP contribution < -0.4 is 20.3 Å². The zero-order valence-corrected chi connectivity index (χ0v) is 26.7. The Kier molecular flexibility index (Phi) is 12.6. The lowest BCUT2D eigenvalue weighted by molar-refractivity contribution is 0.0997. The molecule has 1 amide bonds. The van der Waals surface area contributed by atoms with Gasteiger partial charge in [-0.25, -0.2) is 30.4 Å². The summed E-state index contributed by atoms with van der Waals surface area (Å²) >= 11 is 0. The maximum absolute atomic E-state index is 13.4. The predicted molar refractivity (Wildman–Crippen MR) is 164 cm³/mol. The summed E-state index contributed by atoms with van der Waals surface area (Å²) in [6.45, 7) is 4.98. The van der Waals surface area contributed by atoms with Crippen LogP contribution in [0, 0.1) is 13.8 Å². The zero-order valence-electron chi connectivity index (χ0n) is 24.3. The molecule has 0 aliphatic rings. The number of primary amides is 1. The number of phenolic OH excluding ortho intramolecular Hbond substituents is 1. The molecule has 0 spiro atoms. The number of anilines is 2. The molecule has 0 heterocycles. The first kappa shape index (κ1) is 35.3. The Balaban J connectivity index is 2.19. The van der Waals surface area contributed by atoms with Crippen molar-refractivity contribution in [2.45, 2.75) is 94.8 Å². The van der Waals surface area contributed by atoms with Gasteiger partial charge in [-0.1, -0.05) is 64.7 Å². The number of aromatic hydroxyl groups is 1. The van der Waals surface area contributed by atoms with Gasteiger partial charge in [0.05, 0.1) is 17.0 Å². The van der Waals surface area contributed by atoms with Gasteiger partial charge in [0.1, 0.15) is 15.5 Å². The van der Waals surface area contributed by atoms with Crippen molar-refractivity contribution in [2.75, 3.05) is 15.2 Å². The minimum absolute atomic E-state index is 0.0582. The van der Waals surface area contributed by atoms with Crippen molar-refractivity contribution in [1.82, 2.24) is 0 Å². The van der Waals surface area contributed by atoms with E-state index in [1.807, 2.05) is 0 Å². The summed E-state index contributed by atoms with van der Waals surface area (Å²) in [5.74, 6) is -1.88. The molecule has 15 heteroatoms. The smallest absolute Gasteiger partial charge is 0.262 e. The van der Waals surface area contributed by atoms with Gasteiger partial charge in [0.15, 0.2) is 0 Å². The average Bonchev–Trinajstić information content (AvgIpc) is 2.88. The van der Waals surface area contributed by atoms with Crippen LogP contribution in [-0.4, -0.2) is 42.0 Å². The van der Waals surface area contributed by atoms with Crippen molar-refractivity contribution in [1.29, 1.82) is 0 Å². The molecule has 0 saturated carbocycles. The van der Waals surface area contributed by atoms with Crippen molar-refractivity contribution >= 4 is 47.4 Å². The van der Waals surface area contributed by atoms with E-state index in [2.05, 4.69) is 16.4 Å². The van der Waals surface area contributed by atoms with Crippen molar-refractivity contribution in [3.8, 4) is 5.75 Å². The van der Waals surface area contributed by atoms with E-state index in [0.717, 1.165) is 43.9 Å². The van der Waals surface area contributed by atoms with E-state index >= 15 is 0 Å². The molecule has 7 N–H and O–H groups in total. The average molecular weight is 647 g/mol. The van der Waals surface area contributed by atoms with Crippen LogP contribution in [0.25, 0.3) is 0 Å². The van der Waals surface area contributed by atoms with E-state index in [1.54, 1.807) is 0 Å². The number of nitrogens with one attached hydrogen (secondary N) is 2. The second-order valence-electron chi connectivity index (χ2n) is 10.3. The van der Waals surface area contributed by atoms with Gasteiger partial charge in [-0.05, 0) is 55.7 Å². The third-order valence-electron chi connectivity index (χ3n) is 6.96. The van der Waals surface area contributed by atoms with Gasteiger partial charge in [0.2, 0.25) is 26.0 Å². The van der Waals surface area contributed by atoms with E-state index in [1.165, 1.54) is 52.0 Å². The quantitative estimate of drug-likeness (QED) is 0.116. The summed E-state index contributed by atoms with van der Waals surface area (Å²) in [5, 5.41) is 15.4. The monoisotopic (exact) mass is 646 g/mol. The maximum Gasteiger partial charge on any atom is 0.262 e. The van der Waals surface area contributed by atoms with E-state index in [-0.39, 0.29) is 28.3 Å². The molecule has 0 aliphatic heterocycles. The molecule has 42 heavy (non-hydrogen) atoms. The molecule has 2 aromatic rings. The molecule has 0 saturated heterocycles. The standard InChI is InChI=1S/C27H42N4O8S3/c1-4-5-6-7-8-9-10-11-12-13-16-40(34,35)30-21-14-15-22(27(28)33)24(17-21)42(38,39)31-23-18-25(41(29,36)37)26(32)20(3)19(23)2/h14-15,17-18,30-32H,4-13,16H2,1-3H3,(H2,28,33)(H2,29,36,37). The van der Waals surface area contributed by atoms with Crippen LogP contribution in [0.15, 0.2) is 34.1 Å². The lowest BCUT2D eigenvalue weighted by atomic mass is 10.1. The van der Waals surface area contributed by atoms with Crippen molar-refractivity contribution in [3.63, 3.8) is 0 Å². The van der Waals surface area contributed by atoms with Crippen LogP contribution >= 0.6 is 0 Å². The highest BCUT2D eigenvalue weighted by atomic mass is 32.2. The third-order valence-corrected chi connectivity index (χ3v) is 10.7. The number of hydrogen-bond acceptors (Lipinski definition) is 8. The molecule has 0 bridgehead atoms. The molecule has 0 fully saturated rings. The predicted octanol–water partition coefficient (Wildman–Crippen LogP) is 4.22. The number of carbonyl (C=O) groups excluding carboxylic acids is 1. The van der Waals surface area contributed by atoms with E-state index in [0.29, 0.717) is 6.42 Å². The molecule has 2 aromatic carbocycles. The highest BCUT2D eigenvalue weighted by Gasteiger charge is 2.26. The van der Waals surface area contributed by atoms with Crippen LogP contribution in [0.4, 0.5) is 11.4 Å². The summed E-state index contributed by atoms with van der Waals surface area (Å²) in [5.41, 5.74) is 4.89. The van der Waals surface area contributed by atoms with Crippen LogP contribution in [-0.2, 0) is 30.1 Å². The Morgan fingerprint density at radius 2 is 1.33 bits per heavy atom. The summed E-state index contributed by atoms with van der Waals surface area (Å²) in [4.78, 5) is 10.7. The summed E-state index contributed by atoms with van der Waals surface area (Å²) in [7, 11) is -12.9. The number of sulfonamides is 3. The normalized spacial score (nSPS) is 12.3. The molecular weight excluding hydrogens is 605 g/mol. The Morgan fingerprint density at radius 1 is 0.786 bits per heavy atom. The molecule has 0 atom stereocenters. The fourth-order valence-electron chi connectivity index (χ4n) is 4.42. The molecule has 236 valence electrons. The highest BCUT2D eigenvalue weighted by molar-refractivity contribution is 7.93. The molecule has 0 unspecified atom stereocenters. The molecule has 12 nitrogen and oxygen atoms in total. The summed E-state index contributed by atoms with van der Waals surface area (Å²) < 4.78 is 80.5. The van der Waals surface area contributed by atoms with Gasteiger partial charge in [-0.2, -0.15) is 0 Å². The number of benzene rings is 2. The minimum Gasteiger partial charge on any atom is -0.506 e. The number of amides is 1. The molecule has 0 radical (unpaired) electrons. The van der Waals surface area contributed by atoms with E-state index in [9.17, 15) is 35.2 Å². The SMILES string of the molecule is CCCCCCCCCCCCS(=O)(=O)Nc1ccc(C(N)=O)c(S(=O)(=O)Nc2cc(S(N)(=O)=O)c(O)c(C)c2C)c1. The Bertz CT molecular complexity index is 1590. The van der Waals surface area contributed by atoms with Gasteiger partial charge in [-0.15, -0.1) is 0 Å². The summed E-state index contributed by atoms with van der Waals surface area (Å²) in [6, 6.07) is 4.12. The first-order chi connectivity index (χ1) is 19.5. The van der Waals surface area contributed by atoms with Gasteiger partial charge >= 0.3 is 0 Å². The topological polar surface area (TPSA) is 216 Å². The first-order valence-electron chi connectivity index (χ1n) is 13.8. The second-order valence-corrected chi connectivity index (χ2v) is 15.4. The number of unbranched alkanes of at least 4 members (excludes halogenated alkanes) is 9. The Hall–Kier alpha value is -2.88. The fourth-order valence-corrected chi connectivity index (χ4v) is 7.65. The molecule has 2 rings (SSSR count).